The van der Waals surface area contributed by atoms with Crippen molar-refractivity contribution < 1.29 is 0 Å². The van der Waals surface area contributed by atoms with E-state index in [1.165, 1.54) is 0 Å². The summed E-state index contributed by atoms with van der Waals surface area (Å²) in [6.45, 7) is 6.10. The Morgan fingerprint density at radius 2 is 2.19 bits per heavy atom. The van der Waals surface area contributed by atoms with Crippen LogP contribution in [0.5, 0.6) is 0 Å². The van der Waals surface area contributed by atoms with E-state index in [2.05, 4.69) is 34.2 Å². The van der Waals surface area contributed by atoms with Gasteiger partial charge in [-0.05, 0) is 26.8 Å². The molecule has 2 aromatic rings. The van der Waals surface area contributed by atoms with Gasteiger partial charge >= 0.3 is 0 Å². The van der Waals surface area contributed by atoms with Crippen molar-refractivity contribution in [1.29, 1.82) is 0 Å². The van der Waals surface area contributed by atoms with Gasteiger partial charge in [0.1, 0.15) is 0 Å². The van der Waals surface area contributed by atoms with Gasteiger partial charge in [0.25, 0.3) is 0 Å². The van der Waals surface area contributed by atoms with Crippen molar-refractivity contribution in [2.45, 2.75) is 26.8 Å². The summed E-state index contributed by atoms with van der Waals surface area (Å²) < 4.78 is 1.89. The number of aromatic nitrogens is 4. The molecule has 2 heterocycles. The first-order valence-corrected chi connectivity index (χ1v) is 5.26. The first-order valence-electron chi connectivity index (χ1n) is 5.26. The van der Waals surface area contributed by atoms with E-state index in [1.54, 1.807) is 12.4 Å². The molecule has 5 heteroatoms. The van der Waals surface area contributed by atoms with Crippen LogP contribution >= 0.6 is 0 Å². The molecule has 0 saturated carbocycles. The molecule has 0 spiro atoms. The topological polar surface area (TPSA) is 55.6 Å². The number of nitrogens with zero attached hydrogens (tertiary/aromatic N) is 4. The third-order valence-corrected chi connectivity index (χ3v) is 2.18. The van der Waals surface area contributed by atoms with Gasteiger partial charge in [0.2, 0.25) is 5.95 Å². The maximum absolute atomic E-state index is 4.26. The van der Waals surface area contributed by atoms with Crippen molar-refractivity contribution >= 4 is 11.6 Å². The van der Waals surface area contributed by atoms with Gasteiger partial charge in [-0.25, -0.2) is 9.97 Å². The first kappa shape index (κ1) is 10.6. The van der Waals surface area contributed by atoms with E-state index in [1.807, 2.05) is 23.9 Å². The van der Waals surface area contributed by atoms with Crippen LogP contribution in [0.15, 0.2) is 24.7 Å². The van der Waals surface area contributed by atoms with Crippen molar-refractivity contribution in [2.24, 2.45) is 0 Å². The van der Waals surface area contributed by atoms with Crippen LogP contribution in [0.1, 0.15) is 25.6 Å². The minimum Gasteiger partial charge on any atom is -0.321 e. The number of hydrogen-bond donors (Lipinski definition) is 1. The molecule has 0 fully saturated rings. The molecule has 0 saturated heterocycles. The van der Waals surface area contributed by atoms with E-state index >= 15 is 0 Å². The molecule has 16 heavy (non-hydrogen) atoms. The summed E-state index contributed by atoms with van der Waals surface area (Å²) in [6, 6.07) is 2.22. The zero-order chi connectivity index (χ0) is 11.5. The molecule has 0 bridgehead atoms. The van der Waals surface area contributed by atoms with E-state index in [0.29, 0.717) is 12.0 Å². The predicted octanol–water partition coefficient (Wildman–Crippen LogP) is 2.31. The van der Waals surface area contributed by atoms with Crippen molar-refractivity contribution in [1.82, 2.24) is 19.7 Å². The van der Waals surface area contributed by atoms with Gasteiger partial charge in [-0.15, -0.1) is 0 Å². The number of hydrogen-bond acceptors (Lipinski definition) is 4. The Kier molecular flexibility index (Phi) is 2.85. The Balaban J connectivity index is 2.14. The fourth-order valence-corrected chi connectivity index (χ4v) is 1.32. The lowest BCUT2D eigenvalue weighted by Gasteiger charge is -2.04. The third kappa shape index (κ3) is 2.36. The van der Waals surface area contributed by atoms with E-state index in [-0.39, 0.29) is 0 Å². The smallest absolute Gasteiger partial charge is 0.227 e. The molecule has 0 aliphatic carbocycles. The molecular weight excluding hydrogens is 202 g/mol. The van der Waals surface area contributed by atoms with E-state index in [9.17, 15) is 0 Å². The van der Waals surface area contributed by atoms with E-state index < -0.39 is 0 Å². The summed E-state index contributed by atoms with van der Waals surface area (Å²) in [5.74, 6) is 0.600. The van der Waals surface area contributed by atoms with Crippen LogP contribution in [0.2, 0.25) is 0 Å². The molecule has 0 unspecified atom stereocenters. The van der Waals surface area contributed by atoms with Crippen LogP contribution < -0.4 is 5.32 Å². The number of nitrogens with one attached hydrogen (secondary N) is 1. The van der Waals surface area contributed by atoms with E-state index in [4.69, 9.17) is 0 Å². The van der Waals surface area contributed by atoms with Gasteiger partial charge in [0, 0.05) is 24.1 Å². The van der Waals surface area contributed by atoms with Gasteiger partial charge in [0.15, 0.2) is 0 Å². The molecule has 0 amide bonds. The minimum atomic E-state index is 0.356. The highest BCUT2D eigenvalue weighted by Gasteiger charge is 2.03. The standard InChI is InChI=1S/C11H15N5/c1-8(2)16-7-10(6-13-16)15-11-12-5-4-9(3)14-11/h4-8H,1-3H3,(H,12,14,15). The summed E-state index contributed by atoms with van der Waals surface area (Å²) in [5.41, 5.74) is 1.84. The van der Waals surface area contributed by atoms with Crippen LogP contribution in [-0.2, 0) is 0 Å². The molecule has 2 rings (SSSR count). The van der Waals surface area contributed by atoms with Crippen LogP contribution in [0, 0.1) is 6.92 Å². The number of aryl methyl sites for hydroxylation is 1. The van der Waals surface area contributed by atoms with Crippen molar-refractivity contribution in [3.63, 3.8) is 0 Å². The zero-order valence-electron chi connectivity index (χ0n) is 9.68. The van der Waals surface area contributed by atoms with Crippen LogP contribution in [-0.4, -0.2) is 19.7 Å². The lowest BCUT2D eigenvalue weighted by Crippen LogP contribution is -2.00. The van der Waals surface area contributed by atoms with Crippen molar-refractivity contribution in [3.8, 4) is 0 Å². The van der Waals surface area contributed by atoms with Crippen molar-refractivity contribution in [2.75, 3.05) is 5.32 Å². The molecule has 0 aliphatic rings. The largest absolute Gasteiger partial charge is 0.321 e. The van der Waals surface area contributed by atoms with Gasteiger partial charge in [0.05, 0.1) is 11.9 Å². The predicted molar refractivity (Wildman–Crippen MR) is 62.7 cm³/mol. The third-order valence-electron chi connectivity index (χ3n) is 2.18. The molecule has 5 nitrogen and oxygen atoms in total. The summed E-state index contributed by atoms with van der Waals surface area (Å²) in [4.78, 5) is 8.39. The summed E-state index contributed by atoms with van der Waals surface area (Å²) >= 11 is 0. The second kappa shape index (κ2) is 4.30. The first-order chi connectivity index (χ1) is 7.65. The molecular formula is C11H15N5. The lowest BCUT2D eigenvalue weighted by atomic mass is 10.4. The Hall–Kier alpha value is -1.91. The van der Waals surface area contributed by atoms with Gasteiger partial charge in [-0.2, -0.15) is 5.10 Å². The zero-order valence-corrected chi connectivity index (χ0v) is 9.68. The fraction of sp³-hybridized carbons (Fsp3) is 0.364. The number of anilines is 2. The highest BCUT2D eigenvalue weighted by molar-refractivity contribution is 5.50. The molecule has 84 valence electrons. The molecule has 0 radical (unpaired) electrons. The highest BCUT2D eigenvalue weighted by atomic mass is 15.3. The Labute approximate surface area is 94.5 Å². The SMILES string of the molecule is Cc1ccnc(Nc2cnn(C(C)C)c2)n1. The van der Waals surface area contributed by atoms with Gasteiger partial charge in [-0.1, -0.05) is 0 Å². The average molecular weight is 217 g/mol. The van der Waals surface area contributed by atoms with E-state index in [0.717, 1.165) is 11.4 Å². The minimum absolute atomic E-state index is 0.356. The highest BCUT2D eigenvalue weighted by Crippen LogP contribution is 2.13. The summed E-state index contributed by atoms with van der Waals surface area (Å²) in [5, 5.41) is 7.35. The normalized spacial score (nSPS) is 10.8. The molecule has 0 aromatic carbocycles. The molecule has 2 aromatic heterocycles. The summed E-state index contributed by atoms with van der Waals surface area (Å²) in [7, 11) is 0. The van der Waals surface area contributed by atoms with Crippen LogP contribution in [0.3, 0.4) is 0 Å². The second-order valence-corrected chi connectivity index (χ2v) is 3.95. The maximum atomic E-state index is 4.26. The Morgan fingerprint density at radius 3 is 2.81 bits per heavy atom. The van der Waals surface area contributed by atoms with Crippen LogP contribution in [0.4, 0.5) is 11.6 Å². The van der Waals surface area contributed by atoms with Crippen molar-refractivity contribution in [3.05, 3.63) is 30.4 Å². The Bertz CT molecular complexity index is 475. The molecule has 1 N–H and O–H groups in total. The van der Waals surface area contributed by atoms with Crippen LogP contribution in [0.25, 0.3) is 0 Å². The second-order valence-electron chi connectivity index (χ2n) is 3.95. The van der Waals surface area contributed by atoms with Gasteiger partial charge in [-0.3, -0.25) is 4.68 Å². The average Bonchev–Trinajstić information content (AvgIpc) is 2.66. The quantitative estimate of drug-likeness (QED) is 0.857. The fourth-order valence-electron chi connectivity index (χ4n) is 1.32. The molecule has 0 atom stereocenters. The maximum Gasteiger partial charge on any atom is 0.227 e. The number of rotatable bonds is 3. The Morgan fingerprint density at radius 1 is 1.38 bits per heavy atom. The monoisotopic (exact) mass is 217 g/mol. The molecule has 0 aliphatic heterocycles. The lowest BCUT2D eigenvalue weighted by molar-refractivity contribution is 0.532. The summed E-state index contributed by atoms with van der Waals surface area (Å²) in [6.07, 6.45) is 5.44. The van der Waals surface area contributed by atoms with Gasteiger partial charge < -0.3 is 5.32 Å².